The van der Waals surface area contributed by atoms with E-state index in [1.807, 2.05) is 42.5 Å². The van der Waals surface area contributed by atoms with Crippen molar-refractivity contribution in [3.63, 3.8) is 0 Å². The molecule has 0 aliphatic carbocycles. The summed E-state index contributed by atoms with van der Waals surface area (Å²) in [7, 11) is 3.15. The van der Waals surface area contributed by atoms with Crippen LogP contribution < -0.4 is 15.2 Å². The van der Waals surface area contributed by atoms with E-state index in [4.69, 9.17) is 9.47 Å². The van der Waals surface area contributed by atoms with Crippen LogP contribution in [0, 0.1) is 0 Å². The molecule has 8 nitrogen and oxygen atoms in total. The van der Waals surface area contributed by atoms with Crippen molar-refractivity contribution < 1.29 is 14.3 Å². The van der Waals surface area contributed by atoms with Gasteiger partial charge in [-0.3, -0.25) is 9.36 Å². The molecule has 0 bridgehead atoms. The minimum atomic E-state index is -0.438. The second-order valence-corrected chi connectivity index (χ2v) is 7.44. The number of aromatic nitrogens is 4. The molecule has 0 saturated heterocycles. The Morgan fingerprint density at radius 1 is 0.909 bits per heavy atom. The second-order valence-electron chi connectivity index (χ2n) is 7.44. The number of ether oxygens (including phenoxy) is 2. The summed E-state index contributed by atoms with van der Waals surface area (Å²) in [4.78, 5) is 31.0. The standard InChI is InChI=1S/C25H20N4O4/c1-32-18-12-10-16(11-13-18)22(30)15-28-21-9-4-3-8-20(21)24-26-23(27-29(24)25(28)31)17-6-5-7-19(14-17)33-2/h3-14H,15H2,1-2H3. The lowest BCUT2D eigenvalue weighted by atomic mass is 10.1. The summed E-state index contributed by atoms with van der Waals surface area (Å²) in [5.41, 5.74) is 1.82. The lowest BCUT2D eigenvalue weighted by molar-refractivity contribution is 0.0971. The molecule has 2 aromatic heterocycles. The predicted octanol–water partition coefficient (Wildman–Crippen LogP) is 3.61. The topological polar surface area (TPSA) is 87.7 Å². The molecule has 3 aromatic carbocycles. The minimum absolute atomic E-state index is 0.129. The van der Waals surface area contributed by atoms with Gasteiger partial charge in [0, 0.05) is 16.5 Å². The average molecular weight is 440 g/mol. The largest absolute Gasteiger partial charge is 0.497 e. The average Bonchev–Trinajstić information content (AvgIpc) is 3.32. The molecule has 0 N–H and O–H groups in total. The summed E-state index contributed by atoms with van der Waals surface area (Å²) in [5, 5.41) is 5.18. The first-order valence-electron chi connectivity index (χ1n) is 10.3. The van der Waals surface area contributed by atoms with Gasteiger partial charge in [0.2, 0.25) is 0 Å². The predicted molar refractivity (Wildman–Crippen MR) is 124 cm³/mol. The molecule has 0 aliphatic rings. The van der Waals surface area contributed by atoms with E-state index in [2.05, 4.69) is 10.1 Å². The summed E-state index contributed by atoms with van der Waals surface area (Å²) in [6.07, 6.45) is 0. The van der Waals surface area contributed by atoms with Crippen molar-refractivity contribution in [3.05, 3.63) is 88.8 Å². The van der Waals surface area contributed by atoms with Crippen LogP contribution in [0.5, 0.6) is 11.5 Å². The quantitative estimate of drug-likeness (QED) is 0.375. The number of hydrogen-bond donors (Lipinski definition) is 0. The Hall–Kier alpha value is -4.46. The zero-order valence-electron chi connectivity index (χ0n) is 18.1. The zero-order valence-corrected chi connectivity index (χ0v) is 18.1. The SMILES string of the molecule is COc1ccc(C(=O)Cn2c(=O)n3nc(-c4cccc(OC)c4)nc3c3ccccc32)cc1. The summed E-state index contributed by atoms with van der Waals surface area (Å²) >= 11 is 0. The molecule has 0 amide bonds. The van der Waals surface area contributed by atoms with Crippen molar-refractivity contribution in [3.8, 4) is 22.9 Å². The number of ketones is 1. The van der Waals surface area contributed by atoms with Crippen LogP contribution in [-0.4, -0.2) is 39.2 Å². The fraction of sp³-hybridized carbons (Fsp3) is 0.120. The molecular formula is C25H20N4O4. The number of rotatable bonds is 6. The number of fused-ring (bicyclic) bond motifs is 3. The van der Waals surface area contributed by atoms with Crippen molar-refractivity contribution in [1.82, 2.24) is 19.2 Å². The van der Waals surface area contributed by atoms with Gasteiger partial charge in [-0.2, -0.15) is 4.52 Å². The minimum Gasteiger partial charge on any atom is -0.497 e. The van der Waals surface area contributed by atoms with Crippen LogP contribution in [0.3, 0.4) is 0 Å². The van der Waals surface area contributed by atoms with Gasteiger partial charge in [0.05, 0.1) is 26.3 Å². The van der Waals surface area contributed by atoms with Crippen molar-refractivity contribution in [2.45, 2.75) is 6.54 Å². The van der Waals surface area contributed by atoms with Crippen LogP contribution in [0.2, 0.25) is 0 Å². The van der Waals surface area contributed by atoms with Crippen LogP contribution in [0.1, 0.15) is 10.4 Å². The lowest BCUT2D eigenvalue weighted by Crippen LogP contribution is -2.30. The van der Waals surface area contributed by atoms with E-state index < -0.39 is 5.69 Å². The van der Waals surface area contributed by atoms with Crippen molar-refractivity contribution >= 4 is 22.3 Å². The van der Waals surface area contributed by atoms with Crippen LogP contribution in [0.25, 0.3) is 27.9 Å². The van der Waals surface area contributed by atoms with Gasteiger partial charge in [0.25, 0.3) is 0 Å². The Kier molecular flexibility index (Phi) is 5.10. The molecule has 0 saturated carbocycles. The Balaban J connectivity index is 1.64. The highest BCUT2D eigenvalue weighted by atomic mass is 16.5. The number of methoxy groups -OCH3 is 2. The van der Waals surface area contributed by atoms with Crippen molar-refractivity contribution in [1.29, 1.82) is 0 Å². The van der Waals surface area contributed by atoms with Crippen LogP contribution >= 0.6 is 0 Å². The summed E-state index contributed by atoms with van der Waals surface area (Å²) < 4.78 is 13.1. The molecule has 0 spiro atoms. The number of carbonyl (C=O) groups is 1. The lowest BCUT2D eigenvalue weighted by Gasteiger charge is -2.10. The van der Waals surface area contributed by atoms with Crippen LogP contribution in [0.4, 0.5) is 0 Å². The van der Waals surface area contributed by atoms with Gasteiger partial charge < -0.3 is 9.47 Å². The summed E-state index contributed by atoms with van der Waals surface area (Å²) in [6.45, 7) is -0.129. The third kappa shape index (κ3) is 3.61. The molecule has 33 heavy (non-hydrogen) atoms. The van der Waals surface area contributed by atoms with E-state index in [-0.39, 0.29) is 12.3 Å². The molecule has 0 unspecified atom stereocenters. The Morgan fingerprint density at radius 2 is 1.67 bits per heavy atom. The molecule has 2 heterocycles. The number of carbonyl (C=O) groups excluding carboxylic acids is 1. The Bertz CT molecular complexity index is 1550. The third-order valence-electron chi connectivity index (χ3n) is 5.50. The molecule has 0 atom stereocenters. The van der Waals surface area contributed by atoms with Crippen molar-refractivity contribution in [2.75, 3.05) is 14.2 Å². The summed E-state index contributed by atoms with van der Waals surface area (Å²) in [5.74, 6) is 1.52. The highest BCUT2D eigenvalue weighted by Gasteiger charge is 2.18. The maximum Gasteiger partial charge on any atom is 0.351 e. The fourth-order valence-corrected chi connectivity index (χ4v) is 3.78. The molecule has 0 radical (unpaired) electrons. The molecule has 0 aliphatic heterocycles. The fourth-order valence-electron chi connectivity index (χ4n) is 3.78. The molecule has 5 aromatic rings. The molecule has 5 rings (SSSR count). The molecule has 8 heteroatoms. The zero-order chi connectivity index (χ0) is 22.9. The Morgan fingerprint density at radius 3 is 2.42 bits per heavy atom. The number of hydrogen-bond acceptors (Lipinski definition) is 6. The van der Waals surface area contributed by atoms with Gasteiger partial charge in [-0.1, -0.05) is 24.3 Å². The number of para-hydroxylation sites is 1. The van der Waals surface area contributed by atoms with E-state index in [9.17, 15) is 9.59 Å². The van der Waals surface area contributed by atoms with Gasteiger partial charge in [0.15, 0.2) is 17.3 Å². The number of nitrogens with zero attached hydrogens (tertiary/aromatic N) is 4. The number of Topliss-reactive ketones (excluding diaryl/α,β-unsaturated/α-hetero) is 1. The van der Waals surface area contributed by atoms with Crippen molar-refractivity contribution in [2.24, 2.45) is 0 Å². The second kappa shape index (κ2) is 8.23. The first-order valence-corrected chi connectivity index (χ1v) is 10.3. The van der Waals surface area contributed by atoms with E-state index in [1.54, 1.807) is 44.6 Å². The first-order chi connectivity index (χ1) is 16.1. The van der Waals surface area contributed by atoms with E-state index in [0.29, 0.717) is 34.1 Å². The highest BCUT2D eigenvalue weighted by Crippen LogP contribution is 2.24. The Labute approximate surface area is 188 Å². The molecule has 0 fully saturated rings. The molecule has 164 valence electrons. The van der Waals surface area contributed by atoms with Gasteiger partial charge in [-0.15, -0.1) is 5.10 Å². The van der Waals surface area contributed by atoms with Crippen LogP contribution in [0.15, 0.2) is 77.6 Å². The normalized spacial score (nSPS) is 11.1. The third-order valence-corrected chi connectivity index (χ3v) is 5.50. The van der Waals surface area contributed by atoms with Gasteiger partial charge in [-0.25, -0.2) is 9.78 Å². The summed E-state index contributed by atoms with van der Waals surface area (Å²) in [6, 6.07) is 21.5. The highest BCUT2D eigenvalue weighted by molar-refractivity contribution is 5.98. The maximum atomic E-state index is 13.4. The van der Waals surface area contributed by atoms with Crippen LogP contribution in [-0.2, 0) is 6.54 Å². The first kappa shape index (κ1) is 20.4. The molecular weight excluding hydrogens is 420 g/mol. The maximum absolute atomic E-state index is 13.4. The number of benzene rings is 3. The van der Waals surface area contributed by atoms with E-state index in [1.165, 1.54) is 9.08 Å². The van der Waals surface area contributed by atoms with E-state index >= 15 is 0 Å². The van der Waals surface area contributed by atoms with Gasteiger partial charge in [0.1, 0.15) is 11.5 Å². The monoisotopic (exact) mass is 440 g/mol. The van der Waals surface area contributed by atoms with Gasteiger partial charge >= 0.3 is 5.69 Å². The smallest absolute Gasteiger partial charge is 0.351 e. The van der Waals surface area contributed by atoms with Gasteiger partial charge in [-0.05, 0) is 48.5 Å². The van der Waals surface area contributed by atoms with E-state index in [0.717, 1.165) is 10.9 Å².